The molecule has 2 N–H and O–H groups in total. The molecule has 2 aromatic rings. The number of ether oxygens (including phenoxy) is 1. The third-order valence-corrected chi connectivity index (χ3v) is 5.89. The van der Waals surface area contributed by atoms with Crippen LogP contribution in [0.2, 0.25) is 0 Å². The molecule has 4 rings (SSSR count). The molecule has 0 radical (unpaired) electrons. The summed E-state index contributed by atoms with van der Waals surface area (Å²) in [5.41, 5.74) is 5.11. The molecule has 3 nitrogen and oxygen atoms in total. The number of phenols is 2. The van der Waals surface area contributed by atoms with Crippen LogP contribution in [-0.4, -0.2) is 17.3 Å². The molecule has 2 aliphatic carbocycles. The second-order valence-corrected chi connectivity index (χ2v) is 7.21. The van der Waals surface area contributed by atoms with Crippen molar-refractivity contribution in [2.45, 2.75) is 44.1 Å². The molecule has 1 fully saturated rings. The van der Waals surface area contributed by atoms with Gasteiger partial charge in [-0.25, -0.2) is 0 Å². The Balaban J connectivity index is 1.80. The van der Waals surface area contributed by atoms with Crippen LogP contribution in [0.1, 0.15) is 53.4 Å². The van der Waals surface area contributed by atoms with E-state index in [0.717, 1.165) is 12.0 Å². The SMILES string of the molecule is COCc1cc(O)cc2c1C[C@@H](c1ccc(O)cc1)[C@H]1CCC[C@@H]21. The van der Waals surface area contributed by atoms with Gasteiger partial charge < -0.3 is 14.9 Å². The molecule has 0 aliphatic heterocycles. The van der Waals surface area contributed by atoms with Crippen molar-refractivity contribution >= 4 is 0 Å². The Morgan fingerprint density at radius 1 is 1.00 bits per heavy atom. The molecule has 1 saturated carbocycles. The molecule has 0 unspecified atom stereocenters. The molecule has 0 spiro atoms. The number of phenolic OH excluding ortho intramolecular Hbond substituents is 2. The van der Waals surface area contributed by atoms with E-state index in [1.165, 1.54) is 36.0 Å². The fourth-order valence-corrected chi connectivity index (χ4v) is 4.92. The van der Waals surface area contributed by atoms with Crippen LogP contribution >= 0.6 is 0 Å². The van der Waals surface area contributed by atoms with E-state index in [1.54, 1.807) is 19.2 Å². The van der Waals surface area contributed by atoms with E-state index in [9.17, 15) is 10.2 Å². The van der Waals surface area contributed by atoms with E-state index in [0.29, 0.717) is 35.9 Å². The molecule has 0 aromatic heterocycles. The van der Waals surface area contributed by atoms with Crippen molar-refractivity contribution < 1.29 is 14.9 Å². The minimum absolute atomic E-state index is 0.322. The quantitative estimate of drug-likeness (QED) is 0.876. The number of hydrogen-bond donors (Lipinski definition) is 2. The van der Waals surface area contributed by atoms with Gasteiger partial charge in [0.25, 0.3) is 0 Å². The van der Waals surface area contributed by atoms with Gasteiger partial charge >= 0.3 is 0 Å². The molecule has 24 heavy (non-hydrogen) atoms. The van der Waals surface area contributed by atoms with Crippen molar-refractivity contribution in [3.63, 3.8) is 0 Å². The second-order valence-electron chi connectivity index (χ2n) is 7.21. The molecule has 0 bridgehead atoms. The average Bonchev–Trinajstić information content (AvgIpc) is 3.05. The van der Waals surface area contributed by atoms with Crippen molar-refractivity contribution in [1.82, 2.24) is 0 Å². The molecule has 2 aliphatic rings. The summed E-state index contributed by atoms with van der Waals surface area (Å²) in [6.45, 7) is 0.538. The molecular weight excluding hydrogens is 300 g/mol. The van der Waals surface area contributed by atoms with Crippen LogP contribution in [0.4, 0.5) is 0 Å². The van der Waals surface area contributed by atoms with Gasteiger partial charge in [-0.15, -0.1) is 0 Å². The van der Waals surface area contributed by atoms with Crippen molar-refractivity contribution in [2.75, 3.05) is 7.11 Å². The standard InChI is InChI=1S/C21H24O3/c1-24-12-14-9-16(23)10-21-18-4-2-3-17(18)19(11-20(14)21)13-5-7-15(22)8-6-13/h5-10,17-19,22-23H,2-4,11-12H2,1H3/t17-,18+,19-/m0/s1. The van der Waals surface area contributed by atoms with Crippen LogP contribution in [0.15, 0.2) is 36.4 Å². The van der Waals surface area contributed by atoms with Crippen LogP contribution in [0.25, 0.3) is 0 Å². The number of methoxy groups -OCH3 is 1. The molecular formula is C21H24O3. The molecule has 2 aromatic carbocycles. The van der Waals surface area contributed by atoms with E-state index in [4.69, 9.17) is 4.74 Å². The Hall–Kier alpha value is -2.00. The summed E-state index contributed by atoms with van der Waals surface area (Å²) >= 11 is 0. The first-order valence-corrected chi connectivity index (χ1v) is 8.80. The lowest BCUT2D eigenvalue weighted by atomic mass is 9.67. The summed E-state index contributed by atoms with van der Waals surface area (Å²) in [6.07, 6.45) is 4.67. The lowest BCUT2D eigenvalue weighted by Crippen LogP contribution is -2.26. The second kappa shape index (κ2) is 6.14. The highest BCUT2D eigenvalue weighted by Gasteiger charge is 2.41. The van der Waals surface area contributed by atoms with Crippen LogP contribution in [0.5, 0.6) is 11.5 Å². The Kier molecular flexibility index (Phi) is 3.97. The summed E-state index contributed by atoms with van der Waals surface area (Å²) in [4.78, 5) is 0. The number of benzene rings is 2. The van der Waals surface area contributed by atoms with E-state index in [1.807, 2.05) is 12.1 Å². The summed E-state index contributed by atoms with van der Waals surface area (Å²) in [6, 6.07) is 11.5. The first-order valence-electron chi connectivity index (χ1n) is 8.80. The number of aromatic hydroxyl groups is 2. The molecule has 3 heteroatoms. The van der Waals surface area contributed by atoms with Crippen LogP contribution in [0.3, 0.4) is 0 Å². The predicted octanol–water partition coefficient (Wildman–Crippen LogP) is 4.47. The van der Waals surface area contributed by atoms with E-state index in [2.05, 4.69) is 12.1 Å². The number of fused-ring (bicyclic) bond motifs is 3. The van der Waals surface area contributed by atoms with Crippen molar-refractivity contribution in [2.24, 2.45) is 5.92 Å². The highest BCUT2D eigenvalue weighted by Crippen LogP contribution is 2.54. The molecule has 3 atom stereocenters. The van der Waals surface area contributed by atoms with Crippen LogP contribution in [0, 0.1) is 5.92 Å². The van der Waals surface area contributed by atoms with Crippen LogP contribution in [-0.2, 0) is 17.8 Å². The topological polar surface area (TPSA) is 49.7 Å². The summed E-state index contributed by atoms with van der Waals surface area (Å²) in [5, 5.41) is 19.7. The Bertz CT molecular complexity index is 735. The zero-order valence-corrected chi connectivity index (χ0v) is 14.0. The van der Waals surface area contributed by atoms with E-state index < -0.39 is 0 Å². The highest BCUT2D eigenvalue weighted by atomic mass is 16.5. The molecule has 0 heterocycles. The first kappa shape index (κ1) is 15.5. The largest absolute Gasteiger partial charge is 0.508 e. The maximum atomic E-state index is 10.1. The van der Waals surface area contributed by atoms with Crippen molar-refractivity contribution in [3.8, 4) is 11.5 Å². The van der Waals surface area contributed by atoms with E-state index >= 15 is 0 Å². The molecule has 0 saturated heterocycles. The van der Waals surface area contributed by atoms with Gasteiger partial charge in [0.15, 0.2) is 0 Å². The van der Waals surface area contributed by atoms with Gasteiger partial charge in [-0.05, 0) is 83.5 Å². The summed E-state index contributed by atoms with van der Waals surface area (Å²) in [7, 11) is 1.70. The van der Waals surface area contributed by atoms with Gasteiger partial charge in [0.1, 0.15) is 11.5 Å². The lowest BCUT2D eigenvalue weighted by Gasteiger charge is -2.37. The number of hydrogen-bond acceptors (Lipinski definition) is 3. The normalized spacial score (nSPS) is 25.3. The Morgan fingerprint density at radius 3 is 2.54 bits per heavy atom. The fourth-order valence-electron chi connectivity index (χ4n) is 4.92. The zero-order chi connectivity index (χ0) is 16.7. The predicted molar refractivity (Wildman–Crippen MR) is 93.5 cm³/mol. The Morgan fingerprint density at radius 2 is 1.79 bits per heavy atom. The average molecular weight is 324 g/mol. The van der Waals surface area contributed by atoms with Gasteiger partial charge in [0, 0.05) is 7.11 Å². The Labute approximate surface area is 142 Å². The highest BCUT2D eigenvalue weighted by molar-refractivity contribution is 5.48. The lowest BCUT2D eigenvalue weighted by molar-refractivity contribution is 0.183. The molecule has 0 amide bonds. The first-order chi connectivity index (χ1) is 11.7. The summed E-state index contributed by atoms with van der Waals surface area (Å²) < 4.78 is 5.37. The van der Waals surface area contributed by atoms with Crippen molar-refractivity contribution in [3.05, 3.63) is 58.7 Å². The van der Waals surface area contributed by atoms with E-state index in [-0.39, 0.29) is 0 Å². The van der Waals surface area contributed by atoms with Gasteiger partial charge in [-0.1, -0.05) is 18.6 Å². The minimum Gasteiger partial charge on any atom is -0.508 e. The third kappa shape index (κ3) is 2.57. The third-order valence-electron chi connectivity index (χ3n) is 5.89. The van der Waals surface area contributed by atoms with Crippen molar-refractivity contribution in [1.29, 1.82) is 0 Å². The smallest absolute Gasteiger partial charge is 0.116 e. The summed E-state index contributed by atoms with van der Waals surface area (Å²) in [5.74, 6) is 2.30. The maximum absolute atomic E-state index is 10.1. The zero-order valence-electron chi connectivity index (χ0n) is 14.0. The fraction of sp³-hybridized carbons (Fsp3) is 0.429. The van der Waals surface area contributed by atoms with Gasteiger partial charge in [-0.2, -0.15) is 0 Å². The van der Waals surface area contributed by atoms with Crippen LogP contribution < -0.4 is 0 Å². The number of rotatable bonds is 3. The van der Waals surface area contributed by atoms with Gasteiger partial charge in [0.2, 0.25) is 0 Å². The molecule has 126 valence electrons. The van der Waals surface area contributed by atoms with Gasteiger partial charge in [-0.3, -0.25) is 0 Å². The minimum atomic E-state index is 0.322. The van der Waals surface area contributed by atoms with Gasteiger partial charge in [0.05, 0.1) is 6.61 Å². The maximum Gasteiger partial charge on any atom is 0.116 e. The monoisotopic (exact) mass is 324 g/mol.